The number of fused-ring (bicyclic) bond motifs is 1. The molecule has 0 N–H and O–H groups in total. The van der Waals surface area contributed by atoms with E-state index in [1.807, 2.05) is 42.5 Å². The molecule has 158 valence electrons. The predicted octanol–water partition coefficient (Wildman–Crippen LogP) is 5.12. The molecule has 0 saturated carbocycles. The third kappa shape index (κ3) is 4.52. The van der Waals surface area contributed by atoms with Gasteiger partial charge in [0.25, 0.3) is 5.91 Å². The van der Waals surface area contributed by atoms with E-state index in [1.165, 1.54) is 11.8 Å². The fourth-order valence-corrected chi connectivity index (χ4v) is 4.72. The monoisotopic (exact) mass is 450 g/mol. The maximum Gasteiger partial charge on any atom is 0.266 e. The highest BCUT2D eigenvalue weighted by Gasteiger charge is 2.31. The van der Waals surface area contributed by atoms with Gasteiger partial charge in [-0.2, -0.15) is 0 Å². The summed E-state index contributed by atoms with van der Waals surface area (Å²) in [6.07, 6.45) is 5.66. The zero-order valence-corrected chi connectivity index (χ0v) is 18.7. The number of hydrogen-bond acceptors (Lipinski definition) is 5. The molecule has 1 aromatic heterocycles. The lowest BCUT2D eigenvalue weighted by Gasteiger charge is -2.10. The van der Waals surface area contributed by atoms with E-state index in [1.54, 1.807) is 18.1 Å². The Balaban J connectivity index is 1.56. The first kappa shape index (κ1) is 21.2. The van der Waals surface area contributed by atoms with E-state index in [-0.39, 0.29) is 5.91 Å². The first-order valence-corrected chi connectivity index (χ1v) is 11.0. The van der Waals surface area contributed by atoms with Crippen molar-refractivity contribution in [3.05, 3.63) is 77.9 Å². The van der Waals surface area contributed by atoms with Crippen LogP contribution in [0.4, 0.5) is 0 Å². The van der Waals surface area contributed by atoms with Gasteiger partial charge in [0.05, 0.1) is 18.6 Å². The molecule has 7 heteroatoms. The van der Waals surface area contributed by atoms with Crippen LogP contribution in [0.2, 0.25) is 0 Å². The molecule has 0 aliphatic carbocycles. The molecular weight excluding hydrogens is 428 g/mol. The van der Waals surface area contributed by atoms with Crippen LogP contribution >= 0.6 is 24.0 Å². The van der Waals surface area contributed by atoms with E-state index in [0.717, 1.165) is 28.0 Å². The lowest BCUT2D eigenvalue weighted by atomic mass is 10.1. The van der Waals surface area contributed by atoms with Gasteiger partial charge in [-0.25, -0.2) is 0 Å². The molecule has 5 nitrogen and oxygen atoms in total. The van der Waals surface area contributed by atoms with Crippen LogP contribution in [0, 0.1) is 0 Å². The number of aromatic nitrogens is 1. The van der Waals surface area contributed by atoms with Crippen LogP contribution in [0.1, 0.15) is 5.56 Å². The van der Waals surface area contributed by atoms with Crippen molar-refractivity contribution < 1.29 is 14.3 Å². The third-order valence-electron chi connectivity index (χ3n) is 4.93. The summed E-state index contributed by atoms with van der Waals surface area (Å²) in [6, 6.07) is 15.7. The number of nitrogens with zero attached hydrogens (tertiary/aromatic N) is 2. The minimum Gasteiger partial charge on any atom is -0.497 e. The van der Waals surface area contributed by atoms with Crippen LogP contribution in [0.25, 0.3) is 17.0 Å². The normalized spacial score (nSPS) is 15.1. The number of rotatable bonds is 8. The number of carbonyl (C=O) groups excluding carboxylic acids is 1. The Morgan fingerprint density at radius 3 is 2.77 bits per heavy atom. The van der Waals surface area contributed by atoms with Crippen LogP contribution in [0.15, 0.2) is 72.3 Å². The minimum absolute atomic E-state index is 0.0758. The molecule has 0 radical (unpaired) electrons. The zero-order valence-electron chi connectivity index (χ0n) is 17.1. The van der Waals surface area contributed by atoms with Crippen LogP contribution in [-0.4, -0.2) is 40.0 Å². The Kier molecular flexibility index (Phi) is 6.44. The van der Waals surface area contributed by atoms with E-state index in [4.69, 9.17) is 21.7 Å². The average Bonchev–Trinajstić information content (AvgIpc) is 3.26. The summed E-state index contributed by atoms with van der Waals surface area (Å²) in [4.78, 5) is 14.9. The van der Waals surface area contributed by atoms with Crippen molar-refractivity contribution in [2.24, 2.45) is 0 Å². The summed E-state index contributed by atoms with van der Waals surface area (Å²) < 4.78 is 13.9. The molecule has 1 fully saturated rings. The molecule has 0 unspecified atom stereocenters. The fraction of sp³-hybridized carbons (Fsp3) is 0.167. The number of ether oxygens (including phenoxy) is 2. The number of benzene rings is 2. The summed E-state index contributed by atoms with van der Waals surface area (Å²) in [5.41, 5.74) is 2.07. The Bertz CT molecular complexity index is 1180. The summed E-state index contributed by atoms with van der Waals surface area (Å²) in [5, 5.41) is 1.08. The first-order valence-electron chi connectivity index (χ1n) is 9.81. The molecule has 0 bridgehead atoms. The molecule has 1 saturated heterocycles. The van der Waals surface area contributed by atoms with E-state index < -0.39 is 0 Å². The molecule has 0 spiro atoms. The molecule has 1 aliphatic rings. The lowest BCUT2D eigenvalue weighted by Crippen LogP contribution is -2.27. The van der Waals surface area contributed by atoms with Gasteiger partial charge >= 0.3 is 0 Å². The summed E-state index contributed by atoms with van der Waals surface area (Å²) in [5.74, 6) is 1.45. The van der Waals surface area contributed by atoms with Crippen LogP contribution in [0.3, 0.4) is 0 Å². The van der Waals surface area contributed by atoms with Gasteiger partial charge in [0.2, 0.25) is 0 Å². The number of methoxy groups -OCH3 is 1. The summed E-state index contributed by atoms with van der Waals surface area (Å²) >= 11 is 6.68. The average molecular weight is 451 g/mol. The number of amides is 1. The highest BCUT2D eigenvalue weighted by molar-refractivity contribution is 8.26. The molecule has 1 amide bonds. The Labute approximate surface area is 190 Å². The van der Waals surface area contributed by atoms with Gasteiger partial charge in [0.1, 0.15) is 22.4 Å². The number of carbonyl (C=O) groups is 1. The molecule has 31 heavy (non-hydrogen) atoms. The van der Waals surface area contributed by atoms with Crippen molar-refractivity contribution in [1.82, 2.24) is 9.47 Å². The zero-order chi connectivity index (χ0) is 21.8. The van der Waals surface area contributed by atoms with Crippen molar-refractivity contribution >= 4 is 51.2 Å². The molecule has 4 rings (SSSR count). The van der Waals surface area contributed by atoms with Crippen LogP contribution < -0.4 is 9.47 Å². The predicted molar refractivity (Wildman–Crippen MR) is 131 cm³/mol. The van der Waals surface area contributed by atoms with Crippen molar-refractivity contribution in [3.8, 4) is 11.5 Å². The van der Waals surface area contributed by atoms with Gasteiger partial charge in [-0.15, -0.1) is 6.58 Å². The number of thiocarbonyl (C=S) groups is 1. The van der Waals surface area contributed by atoms with Gasteiger partial charge in [-0.1, -0.05) is 54.3 Å². The minimum atomic E-state index is -0.0758. The molecule has 2 heterocycles. The lowest BCUT2D eigenvalue weighted by molar-refractivity contribution is -0.121. The Hall–Kier alpha value is -3.03. The molecule has 3 aromatic rings. The van der Waals surface area contributed by atoms with E-state index in [0.29, 0.717) is 28.9 Å². The van der Waals surface area contributed by atoms with Crippen molar-refractivity contribution in [3.63, 3.8) is 0 Å². The van der Waals surface area contributed by atoms with Crippen LogP contribution in [0.5, 0.6) is 11.5 Å². The fourth-order valence-electron chi connectivity index (χ4n) is 3.46. The van der Waals surface area contributed by atoms with Gasteiger partial charge in [0, 0.05) is 35.3 Å². The second kappa shape index (κ2) is 9.41. The second-order valence-corrected chi connectivity index (χ2v) is 8.58. The second-order valence-electron chi connectivity index (χ2n) is 6.90. The quantitative estimate of drug-likeness (QED) is 0.271. The van der Waals surface area contributed by atoms with Crippen molar-refractivity contribution in [2.75, 3.05) is 20.3 Å². The van der Waals surface area contributed by atoms with Gasteiger partial charge in [-0.05, 0) is 24.3 Å². The Morgan fingerprint density at radius 2 is 1.97 bits per heavy atom. The number of para-hydroxylation sites is 1. The summed E-state index contributed by atoms with van der Waals surface area (Å²) in [6.45, 7) is 5.30. The summed E-state index contributed by atoms with van der Waals surface area (Å²) in [7, 11) is 1.64. The van der Waals surface area contributed by atoms with E-state index in [9.17, 15) is 4.79 Å². The van der Waals surface area contributed by atoms with Gasteiger partial charge < -0.3 is 14.0 Å². The highest BCUT2D eigenvalue weighted by Crippen LogP contribution is 2.34. The topological polar surface area (TPSA) is 43.7 Å². The SMILES string of the molecule is C=CCN1C(=O)/C(=C/c2cn(CCOc3cccc(OC)c3)c3ccccc23)SC1=S. The van der Waals surface area contributed by atoms with Gasteiger partial charge in [0.15, 0.2) is 0 Å². The molecular formula is C24H22N2O3S2. The van der Waals surface area contributed by atoms with Crippen molar-refractivity contribution in [1.29, 1.82) is 0 Å². The maximum atomic E-state index is 12.7. The third-order valence-corrected chi connectivity index (χ3v) is 6.31. The molecule has 0 atom stereocenters. The van der Waals surface area contributed by atoms with E-state index >= 15 is 0 Å². The Morgan fingerprint density at radius 1 is 1.16 bits per heavy atom. The van der Waals surface area contributed by atoms with Gasteiger partial charge in [-0.3, -0.25) is 9.69 Å². The molecule has 2 aromatic carbocycles. The molecule has 1 aliphatic heterocycles. The largest absolute Gasteiger partial charge is 0.497 e. The van der Waals surface area contributed by atoms with Crippen LogP contribution in [-0.2, 0) is 11.3 Å². The standard InChI is InChI=1S/C24H22N2O3S2/c1-3-11-26-23(27)22(31-24(26)30)14-17-16-25(21-10-5-4-9-20(17)21)12-13-29-19-8-6-7-18(15-19)28-2/h3-10,14-16H,1,11-13H2,2H3/b22-14-. The number of thioether (sulfide) groups is 1. The number of hydrogen-bond donors (Lipinski definition) is 0. The maximum absolute atomic E-state index is 12.7. The smallest absolute Gasteiger partial charge is 0.266 e. The highest BCUT2D eigenvalue weighted by atomic mass is 32.2. The first-order chi connectivity index (χ1) is 15.1. The van der Waals surface area contributed by atoms with E-state index in [2.05, 4.69) is 29.5 Å². The van der Waals surface area contributed by atoms with Crippen molar-refractivity contribution in [2.45, 2.75) is 6.54 Å².